The number of halogens is 1. The van der Waals surface area contributed by atoms with Crippen molar-refractivity contribution in [2.45, 2.75) is 180 Å². The van der Waals surface area contributed by atoms with E-state index >= 15 is 0 Å². The first-order valence-electron chi connectivity index (χ1n) is 32.0. The zero-order chi connectivity index (χ0) is 62.1. The van der Waals surface area contributed by atoms with Crippen LogP contribution in [0.4, 0.5) is 14.4 Å². The topological polar surface area (TPSA) is 222 Å². The molecule has 503 valence electrons. The van der Waals surface area contributed by atoms with E-state index in [1.807, 2.05) is 92.0 Å². The van der Waals surface area contributed by atoms with E-state index in [0.717, 1.165) is 205 Å². The Labute approximate surface area is 568 Å². The van der Waals surface area contributed by atoms with Crippen LogP contribution in [0.1, 0.15) is 172 Å². The predicted octanol–water partition coefficient (Wildman–Crippen LogP) is 10.3. The molecular weight excluding hydrogens is 1430 g/mol. The zero-order valence-corrected chi connectivity index (χ0v) is 58.1. The Morgan fingerprint density at radius 2 is 0.955 bits per heavy atom. The minimum Gasteiger partial charge on any atom is -0.509 e. The van der Waals surface area contributed by atoms with Gasteiger partial charge in [0.05, 0.1) is 26.4 Å². The fourth-order valence-corrected chi connectivity index (χ4v) is 13.1. The predicted molar refractivity (Wildman–Crippen MR) is 342 cm³/mol. The van der Waals surface area contributed by atoms with Gasteiger partial charge in [-0.1, -0.05) is 47.7 Å². The number of aryl methyl sites for hydroxylation is 1. The Bertz CT molecular complexity index is 2550. The molecule has 24 heteroatoms. The van der Waals surface area contributed by atoms with Crippen LogP contribution in [0.25, 0.3) is 0 Å². The number of likely N-dealkylation sites (tertiary alicyclic amines) is 6. The van der Waals surface area contributed by atoms with E-state index in [1.165, 1.54) is 9.99 Å². The largest absolute Gasteiger partial charge is 1.00 e. The Morgan fingerprint density at radius 1 is 0.568 bits per heavy atom. The van der Waals surface area contributed by atoms with Crippen LogP contribution >= 0.6 is 22.6 Å². The summed E-state index contributed by atoms with van der Waals surface area (Å²) in [6.07, 6.45) is 20.9. The van der Waals surface area contributed by atoms with Gasteiger partial charge >= 0.3 is 40.7 Å². The first-order chi connectivity index (χ1) is 41.9. The van der Waals surface area contributed by atoms with Gasteiger partial charge in [-0.15, -0.1) is 0 Å². The number of aromatic amines is 1. The second kappa shape index (κ2) is 44.6. The van der Waals surface area contributed by atoms with Crippen LogP contribution in [0.3, 0.4) is 0 Å². The van der Waals surface area contributed by atoms with Crippen LogP contribution in [-0.2, 0) is 75.2 Å². The van der Waals surface area contributed by atoms with Gasteiger partial charge in [-0.25, -0.2) is 24.6 Å². The number of carbonyl (C=O) groups is 3. The van der Waals surface area contributed by atoms with Crippen molar-refractivity contribution in [1.82, 2.24) is 43.9 Å². The molecule has 3 unspecified atom stereocenters. The van der Waals surface area contributed by atoms with Gasteiger partial charge in [0.25, 0.3) is 11.1 Å². The van der Waals surface area contributed by atoms with Crippen LogP contribution in [0.2, 0.25) is 0 Å². The Morgan fingerprint density at radius 3 is 1.33 bits per heavy atom. The number of amides is 3. The second-order valence-corrected chi connectivity index (χ2v) is 24.1. The number of pyridine rings is 3. The van der Waals surface area contributed by atoms with Gasteiger partial charge in [0.15, 0.2) is 0 Å². The number of nitrogens with one attached hydrogen (secondary N) is 1. The molecule has 6 aliphatic rings. The normalized spacial score (nSPS) is 20.8. The Hall–Kier alpha value is -3.82. The molecule has 0 saturated carbocycles. The fraction of sp³-hybridized carbons (Fsp3) is 0.703. The second-order valence-electron chi connectivity index (χ2n) is 22.5. The molecule has 3 aromatic heterocycles. The van der Waals surface area contributed by atoms with Crippen LogP contribution in [0.5, 0.6) is 5.88 Å². The number of rotatable bonds is 13. The molecule has 0 bridgehead atoms. The summed E-state index contributed by atoms with van der Waals surface area (Å²) in [5.74, 6) is 2.06. The van der Waals surface area contributed by atoms with Crippen LogP contribution in [0.15, 0.2) is 64.6 Å². The van der Waals surface area contributed by atoms with Gasteiger partial charge in [0.1, 0.15) is 0 Å². The summed E-state index contributed by atoms with van der Waals surface area (Å²) >= 11 is 2.29. The number of aromatic nitrogens is 3. The van der Waals surface area contributed by atoms with E-state index in [1.54, 1.807) is 10.8 Å². The van der Waals surface area contributed by atoms with E-state index in [9.17, 15) is 24.0 Å². The first-order valence-corrected chi connectivity index (χ1v) is 33.6. The van der Waals surface area contributed by atoms with E-state index in [2.05, 4.69) is 65.1 Å². The summed E-state index contributed by atoms with van der Waals surface area (Å²) in [7, 11) is 0. The van der Waals surface area contributed by atoms with Crippen LogP contribution < -0.4 is 15.9 Å². The van der Waals surface area contributed by atoms with Gasteiger partial charge in [0.2, 0.25) is 5.88 Å². The number of ether oxygens (including phenoxy) is 4. The van der Waals surface area contributed by atoms with Gasteiger partial charge in [-0.2, -0.15) is 0 Å². The fourth-order valence-electron chi connectivity index (χ4n) is 13.1. The standard InChI is InChI=1S/2C21H33N3O3.C19H29N3O3.C2H5I.CHO3.2Ag/c1-3-26-20-19(8-5-12-22-20)17-9-14-23(15-10-17)18-7-6-13-24(16-11-18)21(25)27-4-2;1-3-22-12-6-8-19(20(22)25)17-9-14-23(15-10-17)18-7-5-13-24(16-11-18)21(26)27-4-2;1-2-25-19(24)22-11-4-5-16(9-14-22)21-12-7-15(8-13-21)17-6-3-10-20-18(17)23;1-2-3;2-1-4-3;;/h5,8,12,17-18H,3-4,6-7,9-11,13-16H2,1-2H3;6,8,12,17-18H,3-5,7,9-11,13-16H2,1-2H3;3,6,10,15-16H,2,4-5,7-9,11-14H2,1H3,(H,20,23);2H2,1H3;3H;;/q;;;;-1;;+1. The van der Waals surface area contributed by atoms with Crippen molar-refractivity contribution in [2.75, 3.05) is 109 Å². The third-order valence-electron chi connectivity index (χ3n) is 17.5. The van der Waals surface area contributed by atoms with E-state index < -0.39 is 0 Å². The number of piperidine rings is 3. The summed E-state index contributed by atoms with van der Waals surface area (Å²) in [5.41, 5.74) is 3.40. The summed E-state index contributed by atoms with van der Waals surface area (Å²) in [6, 6.07) is 13.7. The van der Waals surface area contributed by atoms with Crippen molar-refractivity contribution in [1.29, 1.82) is 0 Å². The maximum atomic E-state index is 12.6. The molecule has 2 N–H and O–H groups in total. The minimum absolute atomic E-state index is 0. The molecule has 3 atom stereocenters. The maximum absolute atomic E-state index is 12.6. The molecule has 88 heavy (non-hydrogen) atoms. The number of hydrogen-bond donors (Lipinski definition) is 2. The van der Waals surface area contributed by atoms with Gasteiger partial charge < -0.3 is 67.6 Å². The third kappa shape index (κ3) is 25.3. The van der Waals surface area contributed by atoms with Gasteiger partial charge in [0, 0.05) is 122 Å². The molecule has 3 aromatic rings. The van der Waals surface area contributed by atoms with Gasteiger partial charge in [-0.05, 0) is 217 Å². The van der Waals surface area contributed by atoms with Crippen LogP contribution in [0, 0.1) is 0 Å². The SMILES string of the molecule is CCI.CCOC(=O)N1CCCC(N2CCC(c3ccc[nH]c3=O)CC2)CC1.CCOC(=O)N1CCCC(N2CCC(c3cccn(CC)c3=O)CC2)CC1.CCOC(=O)N1CCCC(N2CCC(c3cccnc3OCC)CC2)CC1.O=[C-]OO.[Ag+].[Ag]. The van der Waals surface area contributed by atoms with Crippen LogP contribution in [-0.4, -0.2) is 201 Å². The zero-order valence-electron chi connectivity index (χ0n) is 53.0. The maximum Gasteiger partial charge on any atom is 1.00 e. The quantitative estimate of drug-likeness (QED) is 0.0309. The number of H-pyrrole nitrogens is 1. The van der Waals surface area contributed by atoms with Crippen molar-refractivity contribution in [3.8, 4) is 5.88 Å². The summed E-state index contributed by atoms with van der Waals surface area (Å²) in [5, 5.41) is 6.95. The van der Waals surface area contributed by atoms with Crippen molar-refractivity contribution >= 4 is 47.3 Å². The molecule has 21 nitrogen and oxygen atoms in total. The van der Waals surface area contributed by atoms with E-state index in [-0.39, 0.29) is 74.2 Å². The van der Waals surface area contributed by atoms with Gasteiger partial charge in [-0.3, -0.25) is 9.59 Å². The average molecular weight is 1530 g/mol. The molecule has 6 aliphatic heterocycles. The Balaban J connectivity index is 0.000000324. The first kappa shape index (κ1) is 78.4. The Kier molecular flexibility index (Phi) is 39.8. The monoisotopic (exact) mass is 1530 g/mol. The van der Waals surface area contributed by atoms with E-state index in [4.69, 9.17) is 29.0 Å². The number of carbonyl (C=O) groups excluding carboxylic acids is 4. The molecule has 0 spiro atoms. The molecule has 6 fully saturated rings. The van der Waals surface area contributed by atoms with Crippen molar-refractivity contribution < 1.29 is 93.0 Å². The minimum atomic E-state index is -0.176. The van der Waals surface area contributed by atoms with Crippen molar-refractivity contribution in [3.63, 3.8) is 0 Å². The molecule has 0 aromatic carbocycles. The summed E-state index contributed by atoms with van der Waals surface area (Å²) in [6.45, 7) is 26.3. The smallest absolute Gasteiger partial charge is 0.509 e. The number of hydrogen-bond acceptors (Lipinski definition) is 16. The van der Waals surface area contributed by atoms with E-state index in [0.29, 0.717) is 62.3 Å². The molecule has 0 aliphatic carbocycles. The molecule has 6 saturated heterocycles. The average Bonchev–Trinajstić information content (AvgIpc) is 4.10. The number of alkyl halides is 1. The summed E-state index contributed by atoms with van der Waals surface area (Å²) in [4.78, 5) is 92.3. The third-order valence-corrected chi connectivity index (χ3v) is 17.5. The van der Waals surface area contributed by atoms with Crippen molar-refractivity contribution in [2.24, 2.45) is 0 Å². The molecule has 9 rings (SSSR count). The summed E-state index contributed by atoms with van der Waals surface area (Å²) < 4.78 is 24.2. The number of nitrogens with zero attached hydrogens (tertiary/aromatic N) is 8. The molecule has 1 radical (unpaired) electrons. The van der Waals surface area contributed by atoms with Crippen molar-refractivity contribution in [3.05, 3.63) is 92.4 Å². The molecule has 3 amide bonds. The molecular formula is C64H101Ag2IN9O12. The molecule has 9 heterocycles.